The summed E-state index contributed by atoms with van der Waals surface area (Å²) < 4.78 is 42.5. The molecule has 30 heavy (non-hydrogen) atoms. The van der Waals surface area contributed by atoms with Gasteiger partial charge >= 0.3 is 0 Å². The first-order valence-electron chi connectivity index (χ1n) is 9.05. The van der Waals surface area contributed by atoms with Crippen LogP contribution in [0.3, 0.4) is 0 Å². The lowest BCUT2D eigenvalue weighted by Gasteiger charge is -2.18. The molecule has 0 unspecified atom stereocenters. The number of aryl methyl sites for hydroxylation is 1. The van der Waals surface area contributed by atoms with E-state index in [2.05, 4.69) is 20.7 Å². The SMILES string of the molecule is Cc1ccccc1NS(=O)(=O)c1ccc(C(=O)N(C)Cc2cc(Br)ccc2F)cc1. The Labute approximate surface area is 183 Å². The number of nitrogens with one attached hydrogen (secondary N) is 1. The van der Waals surface area contributed by atoms with Gasteiger partial charge in [0.15, 0.2) is 0 Å². The zero-order valence-electron chi connectivity index (χ0n) is 16.4. The van der Waals surface area contributed by atoms with Gasteiger partial charge in [-0.3, -0.25) is 9.52 Å². The molecule has 0 aliphatic carbocycles. The fourth-order valence-electron chi connectivity index (χ4n) is 2.88. The fraction of sp³-hybridized carbons (Fsp3) is 0.136. The summed E-state index contributed by atoms with van der Waals surface area (Å²) in [6.07, 6.45) is 0. The van der Waals surface area contributed by atoms with Crippen molar-refractivity contribution in [3.63, 3.8) is 0 Å². The molecule has 0 fully saturated rings. The third-order valence-corrected chi connectivity index (χ3v) is 6.44. The standard InChI is InChI=1S/C22H20BrFN2O3S/c1-15-5-3-4-6-21(15)25-30(28,29)19-10-7-16(8-11-19)22(27)26(2)14-17-13-18(23)9-12-20(17)24/h3-13,25H,14H2,1-2H3. The van der Waals surface area contributed by atoms with Crippen LogP contribution in [0.15, 0.2) is 76.1 Å². The highest BCUT2D eigenvalue weighted by molar-refractivity contribution is 9.10. The molecule has 3 rings (SSSR count). The largest absolute Gasteiger partial charge is 0.337 e. The maximum absolute atomic E-state index is 14.0. The minimum atomic E-state index is -3.79. The number of halogens is 2. The van der Waals surface area contributed by atoms with E-state index in [0.717, 1.165) is 10.0 Å². The number of para-hydroxylation sites is 1. The lowest BCUT2D eigenvalue weighted by atomic mass is 10.1. The lowest BCUT2D eigenvalue weighted by molar-refractivity contribution is 0.0783. The van der Waals surface area contributed by atoms with Crippen LogP contribution in [0.25, 0.3) is 0 Å². The quantitative estimate of drug-likeness (QED) is 0.530. The first-order valence-corrected chi connectivity index (χ1v) is 11.3. The van der Waals surface area contributed by atoms with Crippen LogP contribution < -0.4 is 4.72 Å². The van der Waals surface area contributed by atoms with Gasteiger partial charge in [-0.15, -0.1) is 0 Å². The Kier molecular flexibility index (Phi) is 6.58. The second-order valence-electron chi connectivity index (χ2n) is 6.84. The third-order valence-electron chi connectivity index (χ3n) is 4.56. The molecule has 1 amide bonds. The van der Waals surface area contributed by atoms with Gasteiger partial charge in [-0.25, -0.2) is 12.8 Å². The van der Waals surface area contributed by atoms with Gasteiger partial charge in [0.1, 0.15) is 5.82 Å². The summed E-state index contributed by atoms with van der Waals surface area (Å²) in [6.45, 7) is 1.89. The molecule has 8 heteroatoms. The van der Waals surface area contributed by atoms with E-state index >= 15 is 0 Å². The Morgan fingerprint density at radius 1 is 1.07 bits per heavy atom. The fourth-order valence-corrected chi connectivity index (χ4v) is 4.42. The first kappa shape index (κ1) is 22.0. The van der Waals surface area contributed by atoms with Crippen molar-refractivity contribution in [3.05, 3.63) is 93.7 Å². The van der Waals surface area contributed by atoms with Crippen molar-refractivity contribution in [1.82, 2.24) is 4.90 Å². The Bertz CT molecular complexity index is 1180. The number of rotatable bonds is 6. The first-order chi connectivity index (χ1) is 14.2. The number of amides is 1. The zero-order chi connectivity index (χ0) is 21.9. The average molecular weight is 491 g/mol. The van der Waals surface area contributed by atoms with Gasteiger partial charge < -0.3 is 4.90 Å². The molecule has 0 saturated heterocycles. The minimum Gasteiger partial charge on any atom is -0.337 e. The molecule has 0 heterocycles. The monoisotopic (exact) mass is 490 g/mol. The molecule has 0 saturated carbocycles. The summed E-state index contributed by atoms with van der Waals surface area (Å²) in [5, 5.41) is 0. The van der Waals surface area contributed by atoms with Crippen molar-refractivity contribution < 1.29 is 17.6 Å². The van der Waals surface area contributed by atoms with Crippen molar-refractivity contribution in [1.29, 1.82) is 0 Å². The van der Waals surface area contributed by atoms with E-state index in [9.17, 15) is 17.6 Å². The van der Waals surface area contributed by atoms with Gasteiger partial charge in [0.05, 0.1) is 10.6 Å². The van der Waals surface area contributed by atoms with E-state index in [1.165, 1.54) is 35.2 Å². The van der Waals surface area contributed by atoms with Crippen LogP contribution in [-0.2, 0) is 16.6 Å². The summed E-state index contributed by atoms with van der Waals surface area (Å²) in [5.41, 5.74) is 1.98. The second kappa shape index (κ2) is 8.97. The number of carbonyl (C=O) groups is 1. The van der Waals surface area contributed by atoms with E-state index in [0.29, 0.717) is 16.8 Å². The molecule has 5 nitrogen and oxygen atoms in total. The average Bonchev–Trinajstić information content (AvgIpc) is 2.72. The van der Waals surface area contributed by atoms with Gasteiger partial charge in [-0.1, -0.05) is 34.1 Å². The molecule has 0 bridgehead atoms. The van der Waals surface area contributed by atoms with E-state index < -0.39 is 15.8 Å². The molecular weight excluding hydrogens is 471 g/mol. The summed E-state index contributed by atoms with van der Waals surface area (Å²) in [6, 6.07) is 17.2. The number of sulfonamides is 1. The maximum atomic E-state index is 14.0. The normalized spacial score (nSPS) is 11.2. The molecule has 0 aromatic heterocycles. The predicted molar refractivity (Wildman–Crippen MR) is 118 cm³/mol. The zero-order valence-corrected chi connectivity index (χ0v) is 18.8. The number of benzene rings is 3. The smallest absolute Gasteiger partial charge is 0.261 e. The lowest BCUT2D eigenvalue weighted by Crippen LogP contribution is -2.26. The van der Waals surface area contributed by atoms with Gasteiger partial charge in [-0.05, 0) is 61.0 Å². The van der Waals surface area contributed by atoms with Gasteiger partial charge in [0.2, 0.25) is 0 Å². The topological polar surface area (TPSA) is 66.5 Å². The Morgan fingerprint density at radius 2 is 1.73 bits per heavy atom. The predicted octanol–water partition coefficient (Wildman–Crippen LogP) is 4.97. The Hall–Kier alpha value is -2.71. The van der Waals surface area contributed by atoms with Crippen molar-refractivity contribution in [2.45, 2.75) is 18.4 Å². The molecule has 0 atom stereocenters. The molecule has 156 valence electrons. The maximum Gasteiger partial charge on any atom is 0.261 e. The van der Waals surface area contributed by atoms with E-state index in [-0.39, 0.29) is 17.3 Å². The molecular formula is C22H20BrFN2O3S. The number of nitrogens with zero attached hydrogens (tertiary/aromatic N) is 1. The van der Waals surface area contributed by atoms with Crippen LogP contribution >= 0.6 is 15.9 Å². The molecule has 3 aromatic carbocycles. The summed E-state index contributed by atoms with van der Waals surface area (Å²) in [7, 11) is -2.22. The van der Waals surface area contributed by atoms with Crippen LogP contribution in [0.1, 0.15) is 21.5 Å². The molecule has 0 spiro atoms. The highest BCUT2D eigenvalue weighted by Crippen LogP contribution is 2.21. The van der Waals surface area contributed by atoms with Crippen molar-refractivity contribution in [2.75, 3.05) is 11.8 Å². The highest BCUT2D eigenvalue weighted by Gasteiger charge is 2.18. The number of hydrogen-bond donors (Lipinski definition) is 1. The molecule has 0 aliphatic heterocycles. The minimum absolute atomic E-state index is 0.0444. The molecule has 0 aliphatic rings. The summed E-state index contributed by atoms with van der Waals surface area (Å²) in [5.74, 6) is -0.744. The van der Waals surface area contributed by atoms with E-state index in [4.69, 9.17) is 0 Å². The van der Waals surface area contributed by atoms with Crippen LogP contribution in [0.5, 0.6) is 0 Å². The van der Waals surface area contributed by atoms with E-state index in [1.54, 1.807) is 31.3 Å². The van der Waals surface area contributed by atoms with Crippen LogP contribution in [0.2, 0.25) is 0 Å². The van der Waals surface area contributed by atoms with Crippen molar-refractivity contribution in [3.8, 4) is 0 Å². The summed E-state index contributed by atoms with van der Waals surface area (Å²) >= 11 is 3.29. The van der Waals surface area contributed by atoms with Gasteiger partial charge in [0, 0.05) is 29.2 Å². The van der Waals surface area contributed by atoms with Crippen LogP contribution in [0.4, 0.5) is 10.1 Å². The van der Waals surface area contributed by atoms with Crippen LogP contribution in [-0.4, -0.2) is 26.3 Å². The van der Waals surface area contributed by atoms with Crippen molar-refractivity contribution >= 4 is 37.5 Å². The number of anilines is 1. The third kappa shape index (κ3) is 5.06. The second-order valence-corrected chi connectivity index (χ2v) is 9.44. The van der Waals surface area contributed by atoms with Crippen LogP contribution in [0, 0.1) is 12.7 Å². The number of hydrogen-bond acceptors (Lipinski definition) is 3. The highest BCUT2D eigenvalue weighted by atomic mass is 79.9. The van der Waals surface area contributed by atoms with Gasteiger partial charge in [-0.2, -0.15) is 0 Å². The Balaban J connectivity index is 1.75. The molecule has 0 radical (unpaired) electrons. The molecule has 3 aromatic rings. The Morgan fingerprint density at radius 3 is 2.40 bits per heavy atom. The summed E-state index contributed by atoms with van der Waals surface area (Å²) in [4.78, 5) is 14.1. The molecule has 1 N–H and O–H groups in total. The number of carbonyl (C=O) groups excluding carboxylic acids is 1. The van der Waals surface area contributed by atoms with Gasteiger partial charge in [0.25, 0.3) is 15.9 Å². The van der Waals surface area contributed by atoms with Crippen molar-refractivity contribution in [2.24, 2.45) is 0 Å². The van der Waals surface area contributed by atoms with E-state index in [1.807, 2.05) is 19.1 Å².